The zero-order chi connectivity index (χ0) is 21.3. The SMILES string of the molecule is Cl.Cl.O=[C-]c1ccccc1.O=[C-]c1ccccc1.[C-]1=CC=CC1.[Zr+4].c1ccc2[cH-]ccc2c1. The van der Waals surface area contributed by atoms with E-state index >= 15 is 0 Å². The van der Waals surface area contributed by atoms with Gasteiger partial charge in [0.15, 0.2) is 0 Å². The van der Waals surface area contributed by atoms with Crippen LogP contribution in [-0.4, -0.2) is 12.6 Å². The summed E-state index contributed by atoms with van der Waals surface area (Å²) < 4.78 is 0. The van der Waals surface area contributed by atoms with Crippen molar-refractivity contribution in [2.24, 2.45) is 0 Å². The number of allylic oxidation sites excluding steroid dienone is 4. The van der Waals surface area contributed by atoms with E-state index in [2.05, 4.69) is 54.6 Å². The van der Waals surface area contributed by atoms with Crippen molar-refractivity contribution in [3.63, 3.8) is 0 Å². The maximum absolute atomic E-state index is 9.88. The molecule has 0 atom stereocenters. The van der Waals surface area contributed by atoms with Gasteiger partial charge in [-0.25, -0.2) is 12.2 Å². The molecule has 0 saturated heterocycles. The summed E-state index contributed by atoms with van der Waals surface area (Å²) in [6.45, 7) is 0. The molecule has 0 saturated carbocycles. The van der Waals surface area contributed by atoms with Gasteiger partial charge in [-0.15, -0.1) is 85.2 Å². The summed E-state index contributed by atoms with van der Waals surface area (Å²) in [4.78, 5) is 19.8. The molecule has 1 aliphatic rings. The molecule has 1 aliphatic carbocycles. The normalized spacial score (nSPS) is 9.58. The van der Waals surface area contributed by atoms with Crippen molar-refractivity contribution >= 4 is 48.2 Å². The molecule has 166 valence electrons. The zero-order valence-electron chi connectivity index (χ0n) is 17.9. The van der Waals surface area contributed by atoms with Crippen LogP contribution in [0.2, 0.25) is 0 Å². The first kappa shape index (κ1) is 32.7. The van der Waals surface area contributed by atoms with E-state index in [-0.39, 0.29) is 51.0 Å². The molecule has 0 fully saturated rings. The van der Waals surface area contributed by atoms with Crippen molar-refractivity contribution in [1.82, 2.24) is 0 Å². The predicted octanol–water partition coefficient (Wildman–Crippen LogP) is 6.99. The second-order valence-electron chi connectivity index (χ2n) is 6.09. The third-order valence-corrected chi connectivity index (χ3v) is 3.92. The molecule has 0 radical (unpaired) electrons. The molecule has 0 spiro atoms. The minimum atomic E-state index is 0. The Morgan fingerprint density at radius 3 is 1.58 bits per heavy atom. The molecule has 4 aromatic rings. The topological polar surface area (TPSA) is 34.1 Å². The number of fused-ring (bicyclic) bond motifs is 1. The van der Waals surface area contributed by atoms with Gasteiger partial charge in [-0.3, -0.25) is 6.08 Å². The number of benzene rings is 3. The van der Waals surface area contributed by atoms with Gasteiger partial charge in [0, 0.05) is 0 Å². The van der Waals surface area contributed by atoms with Crippen LogP contribution in [0.15, 0.2) is 121 Å². The second-order valence-corrected chi connectivity index (χ2v) is 6.09. The van der Waals surface area contributed by atoms with Gasteiger partial charge in [-0.05, 0) is 0 Å². The van der Waals surface area contributed by atoms with Crippen LogP contribution >= 0.6 is 24.8 Å². The van der Waals surface area contributed by atoms with Gasteiger partial charge in [0.05, 0.1) is 12.6 Å². The predicted molar refractivity (Wildman–Crippen MR) is 138 cm³/mol. The quantitative estimate of drug-likeness (QED) is 0.250. The van der Waals surface area contributed by atoms with E-state index < -0.39 is 0 Å². The Morgan fingerprint density at radius 1 is 0.697 bits per heavy atom. The van der Waals surface area contributed by atoms with E-state index in [1.165, 1.54) is 10.8 Å². The average molecular weight is 555 g/mol. The second kappa shape index (κ2) is 21.4. The Labute approximate surface area is 227 Å². The van der Waals surface area contributed by atoms with Crippen LogP contribution in [0.4, 0.5) is 0 Å². The smallest absolute Gasteiger partial charge is 0.376 e. The molecular formula is C28H24Cl2O2Zr. The third kappa shape index (κ3) is 14.3. The molecule has 0 N–H and O–H groups in total. The van der Waals surface area contributed by atoms with Gasteiger partial charge in [0.1, 0.15) is 0 Å². The molecular weight excluding hydrogens is 530 g/mol. The van der Waals surface area contributed by atoms with Crippen LogP contribution in [0.5, 0.6) is 0 Å². The number of hydrogen-bond donors (Lipinski definition) is 0. The molecule has 0 bridgehead atoms. The summed E-state index contributed by atoms with van der Waals surface area (Å²) in [7, 11) is 0. The van der Waals surface area contributed by atoms with Gasteiger partial charge in [-0.1, -0.05) is 18.2 Å². The fourth-order valence-corrected chi connectivity index (χ4v) is 2.42. The standard InChI is InChI=1S/C9H7.2C7H5O.C5H5.2ClH.Zr/c1-2-5-9-7-3-6-8(9)4-1;2*8-6-7-4-2-1-3-5-7;1-2-4-5-3-1;;;/h1-7H;2*1-5H;1-3H,4H2;2*1H;/q4*-1;;;+4. The maximum atomic E-state index is 9.88. The average Bonchev–Trinajstić information content (AvgIpc) is 3.56. The molecule has 2 nitrogen and oxygen atoms in total. The van der Waals surface area contributed by atoms with Crippen molar-refractivity contribution in [3.05, 3.63) is 139 Å². The molecule has 0 aromatic heterocycles. The number of hydrogen-bond acceptors (Lipinski definition) is 2. The molecule has 0 aliphatic heterocycles. The minimum absolute atomic E-state index is 0. The summed E-state index contributed by atoms with van der Waals surface area (Å²) in [6, 6.07) is 32.5. The van der Waals surface area contributed by atoms with E-state index in [1.54, 1.807) is 61.1 Å². The fraction of sp³-hybridized carbons (Fsp3) is 0.0357. The Bertz CT molecular complexity index is 975. The molecule has 5 rings (SSSR count). The molecule has 4 aromatic carbocycles. The van der Waals surface area contributed by atoms with E-state index in [0.717, 1.165) is 6.42 Å². The monoisotopic (exact) mass is 552 g/mol. The van der Waals surface area contributed by atoms with Crippen LogP contribution in [0, 0.1) is 6.08 Å². The number of carbonyl (C=O) groups excluding carboxylic acids is 2. The maximum Gasteiger partial charge on any atom is 4.00 e. The van der Waals surface area contributed by atoms with Crippen molar-refractivity contribution in [3.8, 4) is 0 Å². The molecule has 0 heterocycles. The van der Waals surface area contributed by atoms with Crippen molar-refractivity contribution in [1.29, 1.82) is 0 Å². The Kier molecular flexibility index (Phi) is 21.2. The van der Waals surface area contributed by atoms with Gasteiger partial charge in [0.25, 0.3) is 0 Å². The molecule has 5 heteroatoms. The first-order valence-corrected chi connectivity index (χ1v) is 9.52. The summed E-state index contributed by atoms with van der Waals surface area (Å²) in [5.41, 5.74) is 1.21. The Morgan fingerprint density at radius 2 is 1.21 bits per heavy atom. The first-order chi connectivity index (χ1) is 14.8. The van der Waals surface area contributed by atoms with Crippen LogP contribution in [0.3, 0.4) is 0 Å². The minimum Gasteiger partial charge on any atom is -0.376 e. The van der Waals surface area contributed by atoms with Gasteiger partial charge >= 0.3 is 26.2 Å². The number of rotatable bonds is 2. The van der Waals surface area contributed by atoms with Crippen molar-refractivity contribution in [2.45, 2.75) is 6.42 Å². The summed E-state index contributed by atoms with van der Waals surface area (Å²) in [5.74, 6) is 0. The zero-order valence-corrected chi connectivity index (χ0v) is 22.0. The largest absolute Gasteiger partial charge is 4.00 e. The van der Waals surface area contributed by atoms with E-state index in [0.29, 0.717) is 11.1 Å². The number of halogens is 2. The Balaban J connectivity index is 0. The molecule has 33 heavy (non-hydrogen) atoms. The summed E-state index contributed by atoms with van der Waals surface area (Å²) >= 11 is 0. The van der Waals surface area contributed by atoms with Crippen LogP contribution in [-0.2, 0) is 35.8 Å². The van der Waals surface area contributed by atoms with Crippen molar-refractivity contribution < 1.29 is 35.8 Å². The van der Waals surface area contributed by atoms with Gasteiger partial charge < -0.3 is 9.59 Å². The summed E-state index contributed by atoms with van der Waals surface area (Å²) in [5, 5.41) is 2.66. The van der Waals surface area contributed by atoms with Crippen LogP contribution in [0.1, 0.15) is 17.5 Å². The van der Waals surface area contributed by atoms with Gasteiger partial charge in [-0.2, -0.15) is 59.0 Å². The van der Waals surface area contributed by atoms with E-state index in [4.69, 9.17) is 0 Å². The van der Waals surface area contributed by atoms with E-state index in [1.807, 2.05) is 24.3 Å². The first-order valence-electron chi connectivity index (χ1n) is 9.52. The molecule has 0 unspecified atom stereocenters. The van der Waals surface area contributed by atoms with Crippen LogP contribution in [0.25, 0.3) is 10.8 Å². The van der Waals surface area contributed by atoms with Crippen molar-refractivity contribution in [2.75, 3.05) is 0 Å². The summed E-state index contributed by atoms with van der Waals surface area (Å²) in [6.07, 6.45) is 13.6. The van der Waals surface area contributed by atoms with E-state index in [9.17, 15) is 9.59 Å². The molecule has 0 amide bonds. The van der Waals surface area contributed by atoms with Crippen LogP contribution < -0.4 is 0 Å². The van der Waals surface area contributed by atoms with Gasteiger partial charge in [0.2, 0.25) is 0 Å². The Hall–Kier alpha value is -2.45. The third-order valence-electron chi connectivity index (χ3n) is 3.92. The fourth-order valence-electron chi connectivity index (χ4n) is 2.42.